The number of alkyl halides is 3. The second-order valence-electron chi connectivity index (χ2n) is 4.17. The van der Waals surface area contributed by atoms with Crippen LogP contribution in [0, 0.1) is 0 Å². The number of hydrogen-bond donors (Lipinski definition) is 1. The number of halogens is 5. The minimum atomic E-state index is -4.97. The van der Waals surface area contributed by atoms with Gasteiger partial charge >= 0.3 is 12.3 Å². The Morgan fingerprint density at radius 1 is 1.00 bits per heavy atom. The molecule has 0 saturated heterocycles. The lowest BCUT2D eigenvalue weighted by Crippen LogP contribution is -2.45. The van der Waals surface area contributed by atoms with E-state index >= 15 is 0 Å². The molecule has 1 N–H and O–H groups in total. The van der Waals surface area contributed by atoms with E-state index in [9.17, 15) is 18.0 Å². The smallest absolute Gasteiger partial charge is 0.307 e. The van der Waals surface area contributed by atoms with E-state index in [1.165, 1.54) is 24.3 Å². The van der Waals surface area contributed by atoms with Gasteiger partial charge in [0.15, 0.2) is 0 Å². The van der Waals surface area contributed by atoms with Gasteiger partial charge in [-0.15, -0.1) is 13.2 Å². The number of urea groups is 1. The number of benzene rings is 2. The quantitative estimate of drug-likeness (QED) is 0.708. The fourth-order valence-corrected chi connectivity index (χ4v) is 2.11. The maximum Gasteiger partial charge on any atom is 0.493 e. The average Bonchev–Trinajstić information content (AvgIpc) is 2.43. The van der Waals surface area contributed by atoms with E-state index in [0.717, 1.165) is 6.07 Å². The number of carbonyl (C=O) groups excluding carboxylic acids is 1. The lowest BCUT2D eigenvalue weighted by Gasteiger charge is -2.26. The molecule has 8 heteroatoms. The predicted octanol–water partition coefficient (Wildman–Crippen LogP) is 5.55. The standard InChI is InChI=1S/C14H9Cl2F3N2O/c15-10-7-4-8-11(12(10)16)21(14(17,18)19)13(22)20-9-5-2-1-3-6-9/h1-8H,(H,20,22). The van der Waals surface area contributed by atoms with Crippen molar-refractivity contribution < 1.29 is 18.0 Å². The van der Waals surface area contributed by atoms with Gasteiger partial charge in [0.1, 0.15) is 0 Å². The molecule has 2 amide bonds. The Morgan fingerprint density at radius 3 is 2.23 bits per heavy atom. The maximum absolute atomic E-state index is 13.2. The molecule has 0 spiro atoms. The zero-order valence-corrected chi connectivity index (χ0v) is 12.4. The Kier molecular flexibility index (Phi) is 4.83. The minimum absolute atomic E-state index is 0.0825. The molecule has 0 aromatic heterocycles. The molecule has 0 heterocycles. The van der Waals surface area contributed by atoms with Gasteiger partial charge in [0, 0.05) is 5.69 Å². The molecule has 2 rings (SSSR count). The number of anilines is 2. The summed E-state index contributed by atoms with van der Waals surface area (Å²) in [5, 5.41) is 1.72. The Morgan fingerprint density at radius 2 is 1.64 bits per heavy atom. The lowest BCUT2D eigenvalue weighted by atomic mass is 10.3. The highest BCUT2D eigenvalue weighted by atomic mass is 35.5. The van der Waals surface area contributed by atoms with Gasteiger partial charge in [-0.1, -0.05) is 47.5 Å². The van der Waals surface area contributed by atoms with E-state index in [2.05, 4.69) is 5.32 Å². The molecule has 22 heavy (non-hydrogen) atoms. The van der Waals surface area contributed by atoms with Crippen LogP contribution in [0.4, 0.5) is 29.3 Å². The van der Waals surface area contributed by atoms with Gasteiger partial charge in [-0.25, -0.2) is 9.69 Å². The highest BCUT2D eigenvalue weighted by Crippen LogP contribution is 2.38. The molecule has 2 aromatic carbocycles. The van der Waals surface area contributed by atoms with Gasteiger partial charge in [-0.2, -0.15) is 0 Å². The van der Waals surface area contributed by atoms with E-state index in [-0.39, 0.29) is 15.7 Å². The van der Waals surface area contributed by atoms with Crippen molar-refractivity contribution in [2.45, 2.75) is 6.30 Å². The summed E-state index contributed by atoms with van der Waals surface area (Å²) in [6.45, 7) is 0. The first-order valence-electron chi connectivity index (χ1n) is 5.97. The van der Waals surface area contributed by atoms with E-state index < -0.39 is 22.9 Å². The largest absolute Gasteiger partial charge is 0.493 e. The summed E-state index contributed by atoms with van der Waals surface area (Å²) in [4.78, 5) is 11.6. The van der Waals surface area contributed by atoms with Crippen molar-refractivity contribution in [2.24, 2.45) is 0 Å². The van der Waals surface area contributed by atoms with Gasteiger partial charge in [0.25, 0.3) is 0 Å². The summed E-state index contributed by atoms with van der Waals surface area (Å²) in [6.07, 6.45) is -4.97. The van der Waals surface area contributed by atoms with Crippen LogP contribution in [-0.2, 0) is 0 Å². The van der Waals surface area contributed by atoms with Crippen LogP contribution in [-0.4, -0.2) is 12.3 Å². The number of hydrogen-bond acceptors (Lipinski definition) is 1. The Balaban J connectivity index is 2.39. The third-order valence-corrected chi connectivity index (χ3v) is 3.46. The first-order valence-corrected chi connectivity index (χ1v) is 6.73. The van der Waals surface area contributed by atoms with Gasteiger partial charge in [-0.3, -0.25) is 0 Å². The summed E-state index contributed by atoms with van der Waals surface area (Å²) >= 11 is 11.5. The van der Waals surface area contributed by atoms with Gasteiger partial charge < -0.3 is 5.32 Å². The lowest BCUT2D eigenvalue weighted by molar-refractivity contribution is -0.120. The number of rotatable bonds is 2. The minimum Gasteiger partial charge on any atom is -0.307 e. The molecule has 0 aliphatic rings. The van der Waals surface area contributed by atoms with Gasteiger partial charge in [0.05, 0.1) is 15.7 Å². The van der Waals surface area contributed by atoms with E-state index in [1.807, 2.05) is 0 Å². The number of amides is 2. The Bertz CT molecular complexity index is 678. The van der Waals surface area contributed by atoms with E-state index in [4.69, 9.17) is 23.2 Å². The maximum atomic E-state index is 13.2. The topological polar surface area (TPSA) is 32.3 Å². The number of nitrogens with one attached hydrogen (secondary N) is 1. The first kappa shape index (κ1) is 16.5. The van der Waals surface area contributed by atoms with E-state index in [1.54, 1.807) is 18.2 Å². The van der Waals surface area contributed by atoms with Crippen LogP contribution in [0.2, 0.25) is 10.0 Å². The molecule has 0 atom stereocenters. The zero-order chi connectivity index (χ0) is 16.3. The summed E-state index contributed by atoms with van der Waals surface area (Å²) in [6, 6.07) is 10.0. The Hall–Kier alpha value is -1.92. The van der Waals surface area contributed by atoms with Crippen LogP contribution in [0.3, 0.4) is 0 Å². The molecule has 2 aromatic rings. The number of nitrogens with zero attached hydrogens (tertiary/aromatic N) is 1. The molecule has 0 saturated carbocycles. The fourth-order valence-electron chi connectivity index (χ4n) is 1.73. The molecule has 0 aliphatic carbocycles. The second kappa shape index (κ2) is 6.46. The first-order chi connectivity index (χ1) is 10.3. The van der Waals surface area contributed by atoms with Crippen LogP contribution in [0.1, 0.15) is 0 Å². The molecular weight excluding hydrogens is 340 g/mol. The van der Waals surface area contributed by atoms with Crippen molar-refractivity contribution in [1.82, 2.24) is 0 Å². The van der Waals surface area contributed by atoms with Crippen molar-refractivity contribution in [3.8, 4) is 0 Å². The van der Waals surface area contributed by atoms with Gasteiger partial charge in [-0.05, 0) is 24.3 Å². The van der Waals surface area contributed by atoms with Crippen molar-refractivity contribution in [3.05, 3.63) is 58.6 Å². The molecule has 0 fully saturated rings. The highest BCUT2D eigenvalue weighted by Gasteiger charge is 2.43. The molecule has 116 valence electrons. The second-order valence-corrected chi connectivity index (χ2v) is 4.96. The average molecular weight is 349 g/mol. The third-order valence-electron chi connectivity index (χ3n) is 2.65. The summed E-state index contributed by atoms with van der Waals surface area (Å²) in [7, 11) is 0. The molecule has 0 bridgehead atoms. The summed E-state index contributed by atoms with van der Waals surface area (Å²) in [5.41, 5.74) is -0.324. The van der Waals surface area contributed by atoms with E-state index in [0.29, 0.717) is 0 Å². The van der Waals surface area contributed by atoms with Crippen LogP contribution < -0.4 is 10.2 Å². The molecule has 0 unspecified atom stereocenters. The Labute approximate surface area is 134 Å². The van der Waals surface area contributed by atoms with Crippen LogP contribution in [0.5, 0.6) is 0 Å². The van der Waals surface area contributed by atoms with Crippen LogP contribution >= 0.6 is 23.2 Å². The molecular formula is C14H9Cl2F3N2O. The van der Waals surface area contributed by atoms with Crippen molar-refractivity contribution in [3.63, 3.8) is 0 Å². The summed E-state index contributed by atoms with van der Waals surface area (Å²) < 4.78 is 39.7. The monoisotopic (exact) mass is 348 g/mol. The molecule has 0 radical (unpaired) electrons. The van der Waals surface area contributed by atoms with Crippen molar-refractivity contribution in [1.29, 1.82) is 0 Å². The fraction of sp³-hybridized carbons (Fsp3) is 0.0714. The highest BCUT2D eigenvalue weighted by molar-refractivity contribution is 6.44. The van der Waals surface area contributed by atoms with Gasteiger partial charge in [0.2, 0.25) is 0 Å². The molecule has 0 aliphatic heterocycles. The number of para-hydroxylation sites is 1. The predicted molar refractivity (Wildman–Crippen MR) is 80.5 cm³/mol. The molecule has 3 nitrogen and oxygen atoms in total. The zero-order valence-electron chi connectivity index (χ0n) is 10.9. The van der Waals surface area contributed by atoms with Crippen molar-refractivity contribution in [2.75, 3.05) is 10.2 Å². The van der Waals surface area contributed by atoms with Crippen molar-refractivity contribution >= 4 is 40.6 Å². The summed E-state index contributed by atoms with van der Waals surface area (Å²) in [5.74, 6) is 0. The van der Waals surface area contributed by atoms with Crippen LogP contribution in [0.25, 0.3) is 0 Å². The van der Waals surface area contributed by atoms with Crippen LogP contribution in [0.15, 0.2) is 48.5 Å². The SMILES string of the molecule is O=C(Nc1ccccc1)N(c1cccc(Cl)c1Cl)C(F)(F)F. The number of carbonyl (C=O) groups is 1. The normalized spacial score (nSPS) is 11.1. The third kappa shape index (κ3) is 3.64.